The van der Waals surface area contributed by atoms with Crippen molar-refractivity contribution in [1.29, 1.82) is 0 Å². The Morgan fingerprint density at radius 3 is 2.62 bits per heavy atom. The highest BCUT2D eigenvalue weighted by Crippen LogP contribution is 2.07. The summed E-state index contributed by atoms with van der Waals surface area (Å²) in [5, 5.41) is 3.60. The van der Waals surface area contributed by atoms with Crippen molar-refractivity contribution in [1.82, 2.24) is 10.2 Å². The maximum Gasteiger partial charge on any atom is 0.0700 e. The minimum absolute atomic E-state index is 0.697. The van der Waals surface area contributed by atoms with Crippen LogP contribution in [0.3, 0.4) is 0 Å². The van der Waals surface area contributed by atoms with Crippen molar-refractivity contribution in [3.63, 3.8) is 0 Å². The largest absolute Gasteiger partial charge is 0.382 e. The van der Waals surface area contributed by atoms with Gasteiger partial charge in [0.2, 0.25) is 0 Å². The van der Waals surface area contributed by atoms with Crippen LogP contribution in [0.4, 0.5) is 0 Å². The van der Waals surface area contributed by atoms with Gasteiger partial charge in [0.1, 0.15) is 0 Å². The molecule has 4 heteroatoms. The molecular weight excluding hydrogens is 204 g/mol. The van der Waals surface area contributed by atoms with E-state index >= 15 is 0 Å². The third kappa shape index (κ3) is 6.43. The molecule has 0 aromatic carbocycles. The third-order valence-electron chi connectivity index (χ3n) is 3.05. The van der Waals surface area contributed by atoms with Crippen LogP contribution >= 0.6 is 0 Å². The van der Waals surface area contributed by atoms with Gasteiger partial charge in [0, 0.05) is 19.8 Å². The molecule has 0 saturated carbocycles. The summed E-state index contributed by atoms with van der Waals surface area (Å²) >= 11 is 0. The van der Waals surface area contributed by atoms with E-state index in [2.05, 4.69) is 17.3 Å². The fourth-order valence-electron chi connectivity index (χ4n) is 1.94. The van der Waals surface area contributed by atoms with Crippen molar-refractivity contribution >= 4 is 0 Å². The number of piperidine rings is 1. The second-order valence-electron chi connectivity index (χ2n) is 4.49. The fourth-order valence-corrected chi connectivity index (χ4v) is 1.94. The van der Waals surface area contributed by atoms with Crippen molar-refractivity contribution < 1.29 is 9.47 Å². The standard InChI is InChI=1S/C12H26N2O2/c1-14-7-4-12(5-8-14)13-6-3-9-16-11-10-15-2/h12-13H,3-11H2,1-2H3. The van der Waals surface area contributed by atoms with Gasteiger partial charge in [-0.25, -0.2) is 0 Å². The predicted octanol–water partition coefficient (Wildman–Crippen LogP) is 0.723. The van der Waals surface area contributed by atoms with E-state index in [0.717, 1.165) is 25.6 Å². The zero-order valence-electron chi connectivity index (χ0n) is 10.7. The molecule has 4 nitrogen and oxygen atoms in total. The Kier molecular flexibility index (Phi) is 7.76. The zero-order chi connectivity index (χ0) is 11.6. The molecule has 0 amide bonds. The van der Waals surface area contributed by atoms with Gasteiger partial charge in [-0.3, -0.25) is 0 Å². The number of likely N-dealkylation sites (tertiary alicyclic amines) is 1. The number of ether oxygens (including phenoxy) is 2. The highest BCUT2D eigenvalue weighted by atomic mass is 16.5. The molecule has 16 heavy (non-hydrogen) atoms. The smallest absolute Gasteiger partial charge is 0.0700 e. The SMILES string of the molecule is COCCOCCCNC1CCN(C)CC1. The second-order valence-corrected chi connectivity index (χ2v) is 4.49. The minimum Gasteiger partial charge on any atom is -0.382 e. The van der Waals surface area contributed by atoms with Gasteiger partial charge in [-0.15, -0.1) is 0 Å². The molecule has 1 heterocycles. The van der Waals surface area contributed by atoms with E-state index < -0.39 is 0 Å². The summed E-state index contributed by atoms with van der Waals surface area (Å²) in [7, 11) is 3.89. The van der Waals surface area contributed by atoms with Gasteiger partial charge in [-0.1, -0.05) is 0 Å². The summed E-state index contributed by atoms with van der Waals surface area (Å²) in [5.74, 6) is 0. The van der Waals surface area contributed by atoms with Crippen LogP contribution in [0.2, 0.25) is 0 Å². The Balaban J connectivity index is 1.84. The average molecular weight is 230 g/mol. The van der Waals surface area contributed by atoms with Crippen molar-refractivity contribution in [2.24, 2.45) is 0 Å². The summed E-state index contributed by atoms with van der Waals surface area (Å²) in [4.78, 5) is 2.39. The molecule has 1 saturated heterocycles. The van der Waals surface area contributed by atoms with Crippen molar-refractivity contribution in [3.8, 4) is 0 Å². The third-order valence-corrected chi connectivity index (χ3v) is 3.05. The Labute approximate surface area is 99.3 Å². The van der Waals surface area contributed by atoms with Gasteiger partial charge in [0.15, 0.2) is 0 Å². The molecule has 0 aromatic heterocycles. The van der Waals surface area contributed by atoms with Crippen LogP contribution in [-0.2, 0) is 9.47 Å². The Bertz CT molecular complexity index is 159. The maximum atomic E-state index is 5.41. The maximum absolute atomic E-state index is 5.41. The number of hydrogen-bond acceptors (Lipinski definition) is 4. The topological polar surface area (TPSA) is 33.7 Å². The Hall–Kier alpha value is -0.160. The molecule has 1 N–H and O–H groups in total. The summed E-state index contributed by atoms with van der Waals surface area (Å²) in [6.07, 6.45) is 3.65. The van der Waals surface area contributed by atoms with E-state index in [1.165, 1.54) is 25.9 Å². The van der Waals surface area contributed by atoms with Crippen molar-refractivity contribution in [3.05, 3.63) is 0 Å². The molecule has 0 spiro atoms. The first kappa shape index (κ1) is 13.9. The van der Waals surface area contributed by atoms with Crippen LogP contribution in [-0.4, -0.2) is 64.6 Å². The van der Waals surface area contributed by atoms with E-state index in [-0.39, 0.29) is 0 Å². The normalized spacial score (nSPS) is 19.1. The van der Waals surface area contributed by atoms with Crippen LogP contribution in [0.15, 0.2) is 0 Å². The molecule has 0 aromatic rings. The molecule has 0 aliphatic carbocycles. The van der Waals surface area contributed by atoms with Gasteiger partial charge >= 0.3 is 0 Å². The first-order chi connectivity index (χ1) is 7.83. The predicted molar refractivity (Wildman–Crippen MR) is 65.8 cm³/mol. The summed E-state index contributed by atoms with van der Waals surface area (Å²) in [6.45, 7) is 5.77. The minimum atomic E-state index is 0.697. The lowest BCUT2D eigenvalue weighted by Gasteiger charge is -2.29. The molecule has 1 fully saturated rings. The number of nitrogens with zero attached hydrogens (tertiary/aromatic N) is 1. The fraction of sp³-hybridized carbons (Fsp3) is 1.00. The Morgan fingerprint density at radius 1 is 1.19 bits per heavy atom. The van der Waals surface area contributed by atoms with Gasteiger partial charge in [0.05, 0.1) is 13.2 Å². The first-order valence-electron chi connectivity index (χ1n) is 6.31. The highest BCUT2D eigenvalue weighted by molar-refractivity contribution is 4.75. The van der Waals surface area contributed by atoms with E-state index in [0.29, 0.717) is 13.2 Å². The van der Waals surface area contributed by atoms with Crippen LogP contribution in [0.5, 0.6) is 0 Å². The van der Waals surface area contributed by atoms with Crippen LogP contribution in [0.25, 0.3) is 0 Å². The van der Waals surface area contributed by atoms with Crippen LogP contribution < -0.4 is 5.32 Å². The molecule has 0 radical (unpaired) electrons. The number of hydrogen-bond donors (Lipinski definition) is 1. The summed E-state index contributed by atoms with van der Waals surface area (Å²) in [5.41, 5.74) is 0. The number of rotatable bonds is 8. The van der Waals surface area contributed by atoms with Crippen LogP contribution in [0, 0.1) is 0 Å². The monoisotopic (exact) mass is 230 g/mol. The highest BCUT2D eigenvalue weighted by Gasteiger charge is 2.15. The molecule has 0 unspecified atom stereocenters. The quantitative estimate of drug-likeness (QED) is 0.623. The number of nitrogens with one attached hydrogen (secondary N) is 1. The van der Waals surface area contributed by atoms with Gasteiger partial charge in [0.25, 0.3) is 0 Å². The van der Waals surface area contributed by atoms with Gasteiger partial charge < -0.3 is 19.7 Å². The second kappa shape index (κ2) is 8.93. The molecule has 1 aliphatic rings. The van der Waals surface area contributed by atoms with Gasteiger partial charge in [-0.05, 0) is 45.9 Å². The first-order valence-corrected chi connectivity index (χ1v) is 6.31. The molecule has 1 aliphatic heterocycles. The summed E-state index contributed by atoms with van der Waals surface area (Å²) < 4.78 is 10.3. The Morgan fingerprint density at radius 2 is 1.94 bits per heavy atom. The lowest BCUT2D eigenvalue weighted by molar-refractivity contribution is 0.0689. The lowest BCUT2D eigenvalue weighted by Crippen LogP contribution is -2.41. The zero-order valence-corrected chi connectivity index (χ0v) is 10.7. The average Bonchev–Trinajstić information content (AvgIpc) is 2.30. The molecular formula is C12H26N2O2. The summed E-state index contributed by atoms with van der Waals surface area (Å²) in [6, 6.07) is 0.718. The number of methoxy groups -OCH3 is 1. The molecule has 0 atom stereocenters. The van der Waals surface area contributed by atoms with Crippen LogP contribution in [0.1, 0.15) is 19.3 Å². The van der Waals surface area contributed by atoms with E-state index in [4.69, 9.17) is 9.47 Å². The molecule has 0 bridgehead atoms. The lowest BCUT2D eigenvalue weighted by atomic mass is 10.1. The molecule has 96 valence electrons. The van der Waals surface area contributed by atoms with Crippen molar-refractivity contribution in [2.45, 2.75) is 25.3 Å². The van der Waals surface area contributed by atoms with E-state index in [1.54, 1.807) is 7.11 Å². The molecule has 1 rings (SSSR count). The van der Waals surface area contributed by atoms with E-state index in [9.17, 15) is 0 Å². The van der Waals surface area contributed by atoms with Gasteiger partial charge in [-0.2, -0.15) is 0 Å². The van der Waals surface area contributed by atoms with E-state index in [1.807, 2.05) is 0 Å². The van der Waals surface area contributed by atoms with Crippen molar-refractivity contribution in [2.75, 3.05) is 53.6 Å².